The van der Waals surface area contributed by atoms with Crippen LogP contribution in [0.2, 0.25) is 0 Å². The fraction of sp³-hybridized carbons (Fsp3) is 0.250. The molecule has 0 aromatic heterocycles. The van der Waals surface area contributed by atoms with Gasteiger partial charge in [-0.3, -0.25) is 4.90 Å². The zero-order valence-electron chi connectivity index (χ0n) is 11.8. The first-order chi connectivity index (χ1) is 9.58. The van der Waals surface area contributed by atoms with Gasteiger partial charge in [-0.05, 0) is 42.4 Å². The van der Waals surface area contributed by atoms with E-state index in [1.165, 1.54) is 6.07 Å². The molecule has 2 rings (SSSR count). The van der Waals surface area contributed by atoms with Crippen molar-refractivity contribution in [2.75, 3.05) is 19.9 Å². The van der Waals surface area contributed by atoms with Crippen LogP contribution in [-0.4, -0.2) is 19.1 Å². The summed E-state index contributed by atoms with van der Waals surface area (Å²) >= 11 is 0. The number of anilines is 1. The van der Waals surface area contributed by atoms with E-state index in [1.54, 1.807) is 19.2 Å². The second-order valence-electron chi connectivity index (χ2n) is 4.88. The van der Waals surface area contributed by atoms with E-state index in [4.69, 9.17) is 10.5 Å². The first-order valence-corrected chi connectivity index (χ1v) is 6.44. The van der Waals surface area contributed by atoms with Crippen molar-refractivity contribution in [1.29, 1.82) is 0 Å². The molecule has 0 bridgehead atoms. The maximum absolute atomic E-state index is 13.1. The maximum atomic E-state index is 13.1. The number of hydrogen-bond donors (Lipinski definition) is 1. The Hall–Kier alpha value is -2.07. The summed E-state index contributed by atoms with van der Waals surface area (Å²) in [5.74, 6) is 0.478. The molecular formula is C16H19FN2O. The summed E-state index contributed by atoms with van der Waals surface area (Å²) in [5, 5.41) is 0. The van der Waals surface area contributed by atoms with E-state index in [0.717, 1.165) is 17.7 Å². The van der Waals surface area contributed by atoms with Crippen molar-refractivity contribution in [2.45, 2.75) is 13.1 Å². The largest absolute Gasteiger partial charge is 0.495 e. The van der Waals surface area contributed by atoms with Crippen LogP contribution in [0.4, 0.5) is 10.1 Å². The first kappa shape index (κ1) is 14.3. The van der Waals surface area contributed by atoms with Gasteiger partial charge in [0.05, 0.1) is 12.8 Å². The molecule has 0 amide bonds. The summed E-state index contributed by atoms with van der Waals surface area (Å²) in [7, 11) is 3.59. The fourth-order valence-electron chi connectivity index (χ4n) is 2.20. The van der Waals surface area contributed by atoms with Crippen LogP contribution in [0.15, 0.2) is 42.5 Å². The first-order valence-electron chi connectivity index (χ1n) is 6.44. The van der Waals surface area contributed by atoms with Gasteiger partial charge in [-0.1, -0.05) is 18.2 Å². The molecule has 3 nitrogen and oxygen atoms in total. The maximum Gasteiger partial charge on any atom is 0.141 e. The molecular weight excluding hydrogens is 255 g/mol. The monoisotopic (exact) mass is 274 g/mol. The van der Waals surface area contributed by atoms with Gasteiger partial charge in [0, 0.05) is 13.1 Å². The highest BCUT2D eigenvalue weighted by atomic mass is 19.1. The van der Waals surface area contributed by atoms with Crippen molar-refractivity contribution in [3.8, 4) is 5.75 Å². The third-order valence-corrected chi connectivity index (χ3v) is 3.09. The fourth-order valence-corrected chi connectivity index (χ4v) is 2.20. The second-order valence-corrected chi connectivity index (χ2v) is 4.88. The van der Waals surface area contributed by atoms with Gasteiger partial charge in [0.1, 0.15) is 11.6 Å². The van der Waals surface area contributed by atoms with Crippen LogP contribution in [0.3, 0.4) is 0 Å². The Morgan fingerprint density at radius 2 is 1.80 bits per heavy atom. The minimum atomic E-state index is -0.204. The number of nitrogen functional groups attached to an aromatic ring is 1. The highest BCUT2D eigenvalue weighted by Gasteiger charge is 2.05. The Kier molecular flexibility index (Phi) is 4.58. The number of methoxy groups -OCH3 is 1. The summed E-state index contributed by atoms with van der Waals surface area (Å²) in [6.07, 6.45) is 0. The molecule has 2 aromatic rings. The quantitative estimate of drug-likeness (QED) is 0.852. The minimum Gasteiger partial charge on any atom is -0.495 e. The Balaban J connectivity index is 2.01. The van der Waals surface area contributed by atoms with Crippen LogP contribution >= 0.6 is 0 Å². The Labute approximate surface area is 118 Å². The van der Waals surface area contributed by atoms with E-state index in [2.05, 4.69) is 4.90 Å². The summed E-state index contributed by atoms with van der Waals surface area (Å²) in [5.41, 5.74) is 8.57. The van der Waals surface area contributed by atoms with Gasteiger partial charge in [-0.2, -0.15) is 0 Å². The van der Waals surface area contributed by atoms with Crippen molar-refractivity contribution in [1.82, 2.24) is 4.90 Å². The highest BCUT2D eigenvalue weighted by molar-refractivity contribution is 5.54. The lowest BCUT2D eigenvalue weighted by Crippen LogP contribution is -2.17. The van der Waals surface area contributed by atoms with Gasteiger partial charge in [0.2, 0.25) is 0 Å². The molecule has 0 aliphatic carbocycles. The predicted octanol–water partition coefficient (Wildman–Crippen LogP) is 3.05. The van der Waals surface area contributed by atoms with E-state index in [9.17, 15) is 4.39 Å². The van der Waals surface area contributed by atoms with Crippen LogP contribution in [0, 0.1) is 5.82 Å². The molecule has 0 fully saturated rings. The topological polar surface area (TPSA) is 38.5 Å². The molecule has 2 aromatic carbocycles. The number of halogens is 1. The average molecular weight is 274 g/mol. The SMILES string of the molecule is COc1ccc(CN(C)Cc2cccc(F)c2)cc1N. The second kappa shape index (κ2) is 6.39. The lowest BCUT2D eigenvalue weighted by Gasteiger charge is -2.17. The van der Waals surface area contributed by atoms with E-state index in [-0.39, 0.29) is 5.82 Å². The van der Waals surface area contributed by atoms with E-state index >= 15 is 0 Å². The summed E-state index contributed by atoms with van der Waals surface area (Å²) < 4.78 is 18.3. The molecule has 2 N–H and O–H groups in total. The smallest absolute Gasteiger partial charge is 0.141 e. The molecule has 0 radical (unpaired) electrons. The Morgan fingerprint density at radius 3 is 2.40 bits per heavy atom. The molecule has 0 aliphatic heterocycles. The number of hydrogen-bond acceptors (Lipinski definition) is 3. The Morgan fingerprint density at radius 1 is 1.10 bits per heavy atom. The van der Waals surface area contributed by atoms with Gasteiger partial charge in [0.25, 0.3) is 0 Å². The molecule has 106 valence electrons. The normalized spacial score (nSPS) is 10.8. The third kappa shape index (κ3) is 3.71. The van der Waals surface area contributed by atoms with Gasteiger partial charge >= 0.3 is 0 Å². The van der Waals surface area contributed by atoms with Crippen LogP contribution in [-0.2, 0) is 13.1 Å². The number of nitrogens with zero attached hydrogens (tertiary/aromatic N) is 1. The number of nitrogens with two attached hydrogens (primary N) is 1. The molecule has 0 unspecified atom stereocenters. The molecule has 0 saturated heterocycles. The predicted molar refractivity (Wildman–Crippen MR) is 79.0 cm³/mol. The molecule has 0 heterocycles. The molecule has 0 aliphatic rings. The van der Waals surface area contributed by atoms with Gasteiger partial charge < -0.3 is 10.5 Å². The summed E-state index contributed by atoms with van der Waals surface area (Å²) in [6, 6.07) is 12.4. The molecule has 20 heavy (non-hydrogen) atoms. The van der Waals surface area contributed by atoms with Crippen molar-refractivity contribution in [3.63, 3.8) is 0 Å². The van der Waals surface area contributed by atoms with Gasteiger partial charge in [-0.15, -0.1) is 0 Å². The van der Waals surface area contributed by atoms with Crippen LogP contribution in [0.5, 0.6) is 5.75 Å². The number of ether oxygens (including phenoxy) is 1. The Bertz CT molecular complexity index is 586. The van der Waals surface area contributed by atoms with Crippen molar-refractivity contribution < 1.29 is 9.13 Å². The zero-order chi connectivity index (χ0) is 14.5. The molecule has 0 atom stereocenters. The van der Waals surface area contributed by atoms with Crippen LogP contribution in [0.25, 0.3) is 0 Å². The summed E-state index contributed by atoms with van der Waals surface area (Å²) in [4.78, 5) is 2.11. The highest BCUT2D eigenvalue weighted by Crippen LogP contribution is 2.22. The minimum absolute atomic E-state index is 0.204. The number of rotatable bonds is 5. The number of benzene rings is 2. The third-order valence-electron chi connectivity index (χ3n) is 3.09. The van der Waals surface area contributed by atoms with Crippen molar-refractivity contribution in [2.24, 2.45) is 0 Å². The van der Waals surface area contributed by atoms with Crippen LogP contribution in [0.1, 0.15) is 11.1 Å². The average Bonchev–Trinajstić information content (AvgIpc) is 2.38. The molecule has 4 heteroatoms. The van der Waals surface area contributed by atoms with E-state index < -0.39 is 0 Å². The molecule has 0 saturated carbocycles. The van der Waals surface area contributed by atoms with Gasteiger partial charge in [-0.25, -0.2) is 4.39 Å². The lowest BCUT2D eigenvalue weighted by molar-refractivity contribution is 0.318. The zero-order valence-corrected chi connectivity index (χ0v) is 11.8. The summed E-state index contributed by atoms with van der Waals surface area (Å²) in [6.45, 7) is 1.43. The lowest BCUT2D eigenvalue weighted by atomic mass is 10.1. The van der Waals surface area contributed by atoms with E-state index in [1.807, 2.05) is 31.3 Å². The molecule has 0 spiro atoms. The van der Waals surface area contributed by atoms with Crippen molar-refractivity contribution in [3.05, 3.63) is 59.4 Å². The van der Waals surface area contributed by atoms with Crippen LogP contribution < -0.4 is 10.5 Å². The van der Waals surface area contributed by atoms with Crippen molar-refractivity contribution >= 4 is 5.69 Å². The van der Waals surface area contributed by atoms with E-state index in [0.29, 0.717) is 18.0 Å². The standard InChI is InChI=1S/C16H19FN2O/c1-19(10-12-4-3-5-14(17)8-12)11-13-6-7-16(20-2)15(18)9-13/h3-9H,10-11,18H2,1-2H3. The van der Waals surface area contributed by atoms with Gasteiger partial charge in [0.15, 0.2) is 0 Å².